The second kappa shape index (κ2) is 12.0. The average molecular weight is 507 g/mol. The quantitative estimate of drug-likeness (QED) is 0.212. The van der Waals surface area contributed by atoms with Crippen LogP contribution in [-0.4, -0.2) is 72.6 Å². The number of aliphatic hydroxyl groups excluding tert-OH is 1. The zero-order chi connectivity index (χ0) is 26.4. The van der Waals surface area contributed by atoms with Crippen molar-refractivity contribution in [1.82, 2.24) is 9.80 Å². The first-order valence-corrected chi connectivity index (χ1v) is 12.7. The molecular weight excluding hydrogens is 472 g/mol. The van der Waals surface area contributed by atoms with Crippen molar-refractivity contribution in [3.05, 3.63) is 71.8 Å². The lowest BCUT2D eigenvalue weighted by Crippen LogP contribution is -2.33. The van der Waals surface area contributed by atoms with E-state index in [-0.39, 0.29) is 11.3 Å². The minimum atomic E-state index is -0.724. The molecule has 0 saturated carbocycles. The molecule has 1 N–H and O–H groups in total. The van der Waals surface area contributed by atoms with E-state index in [0.29, 0.717) is 61.2 Å². The molecule has 2 aliphatic rings. The minimum Gasteiger partial charge on any atom is -0.507 e. The highest BCUT2D eigenvalue weighted by atomic mass is 16.6. The number of benzene rings is 2. The van der Waals surface area contributed by atoms with Crippen molar-refractivity contribution < 1.29 is 28.9 Å². The van der Waals surface area contributed by atoms with E-state index in [9.17, 15) is 14.7 Å². The Morgan fingerprint density at radius 2 is 1.81 bits per heavy atom. The fourth-order valence-electron chi connectivity index (χ4n) is 4.71. The maximum atomic E-state index is 13.3. The molecule has 8 nitrogen and oxygen atoms in total. The van der Waals surface area contributed by atoms with Crippen LogP contribution < -0.4 is 14.2 Å². The second-order valence-corrected chi connectivity index (χ2v) is 8.90. The van der Waals surface area contributed by atoms with Crippen molar-refractivity contribution in [1.29, 1.82) is 0 Å². The van der Waals surface area contributed by atoms with E-state index in [1.807, 2.05) is 12.1 Å². The molecule has 0 spiro atoms. The Morgan fingerprint density at radius 1 is 1.11 bits per heavy atom. The molecule has 1 saturated heterocycles. The molecule has 1 fully saturated rings. The molecule has 4 rings (SSSR count). The summed E-state index contributed by atoms with van der Waals surface area (Å²) in [7, 11) is 0. The lowest BCUT2D eigenvalue weighted by Gasteiger charge is -2.27. The fraction of sp³-hybridized carbons (Fsp3) is 0.379. The molecule has 1 amide bonds. The molecule has 0 aromatic heterocycles. The second-order valence-electron chi connectivity index (χ2n) is 8.90. The number of fused-ring (bicyclic) bond motifs is 1. The van der Waals surface area contributed by atoms with Gasteiger partial charge in [-0.1, -0.05) is 38.6 Å². The lowest BCUT2D eigenvalue weighted by atomic mass is 9.95. The molecule has 37 heavy (non-hydrogen) atoms. The summed E-state index contributed by atoms with van der Waals surface area (Å²) < 4.78 is 16.8. The van der Waals surface area contributed by atoms with Crippen molar-refractivity contribution in [3.8, 4) is 17.2 Å². The number of Topliss-reactive ketones (excluding diaryl/α,β-unsaturated/α-hetero) is 1. The van der Waals surface area contributed by atoms with Gasteiger partial charge in [-0.05, 0) is 62.0 Å². The summed E-state index contributed by atoms with van der Waals surface area (Å²) in [5, 5.41) is 11.4. The van der Waals surface area contributed by atoms with E-state index in [2.05, 4.69) is 25.3 Å². The number of aliphatic hydroxyl groups is 1. The predicted octanol–water partition coefficient (Wildman–Crippen LogP) is 4.18. The van der Waals surface area contributed by atoms with Gasteiger partial charge in [-0.15, -0.1) is 0 Å². The largest absolute Gasteiger partial charge is 0.507 e. The molecule has 1 atom stereocenters. The Kier molecular flexibility index (Phi) is 8.50. The number of carbonyl (C=O) groups is 2. The van der Waals surface area contributed by atoms with Gasteiger partial charge in [-0.3, -0.25) is 9.59 Å². The van der Waals surface area contributed by atoms with Crippen LogP contribution in [0, 0.1) is 0 Å². The summed E-state index contributed by atoms with van der Waals surface area (Å²) in [5.41, 5.74) is 1.16. The van der Waals surface area contributed by atoms with Crippen LogP contribution in [0.15, 0.2) is 60.7 Å². The van der Waals surface area contributed by atoms with Crippen LogP contribution in [0.25, 0.3) is 5.76 Å². The van der Waals surface area contributed by atoms with Gasteiger partial charge in [0.1, 0.15) is 31.3 Å². The molecule has 0 unspecified atom stereocenters. The van der Waals surface area contributed by atoms with E-state index in [0.717, 1.165) is 19.6 Å². The molecule has 8 heteroatoms. The first-order chi connectivity index (χ1) is 18.0. The fourth-order valence-corrected chi connectivity index (χ4v) is 4.71. The van der Waals surface area contributed by atoms with Crippen LogP contribution >= 0.6 is 0 Å². The number of ketones is 1. The van der Waals surface area contributed by atoms with Crippen molar-refractivity contribution in [2.24, 2.45) is 0 Å². The van der Waals surface area contributed by atoms with E-state index in [1.54, 1.807) is 41.3 Å². The predicted molar refractivity (Wildman–Crippen MR) is 141 cm³/mol. The van der Waals surface area contributed by atoms with Gasteiger partial charge >= 0.3 is 0 Å². The maximum absolute atomic E-state index is 13.3. The van der Waals surface area contributed by atoms with Gasteiger partial charge in [-0.25, -0.2) is 0 Å². The highest BCUT2D eigenvalue weighted by molar-refractivity contribution is 6.46. The SMILES string of the molecule is C=CCOc1ccc([C@H]2C(=C(O)c3ccc4c(c3)OCCO4)C(=O)C(=O)N2CCCN(CC)CC)cc1. The summed E-state index contributed by atoms with van der Waals surface area (Å²) in [6.07, 6.45) is 2.36. The highest BCUT2D eigenvalue weighted by Crippen LogP contribution is 2.41. The number of hydrogen-bond donors (Lipinski definition) is 1. The third-order valence-corrected chi connectivity index (χ3v) is 6.69. The molecule has 196 valence electrons. The minimum absolute atomic E-state index is 0.0595. The van der Waals surface area contributed by atoms with Crippen molar-refractivity contribution in [3.63, 3.8) is 0 Å². The zero-order valence-electron chi connectivity index (χ0n) is 21.4. The molecule has 0 aliphatic carbocycles. The van der Waals surface area contributed by atoms with Gasteiger partial charge in [0.25, 0.3) is 11.7 Å². The summed E-state index contributed by atoms with van der Waals surface area (Å²) in [6, 6.07) is 11.5. The summed E-state index contributed by atoms with van der Waals surface area (Å²) in [5.74, 6) is 0.158. The smallest absolute Gasteiger partial charge is 0.295 e. The van der Waals surface area contributed by atoms with Gasteiger partial charge in [-0.2, -0.15) is 0 Å². The zero-order valence-corrected chi connectivity index (χ0v) is 21.4. The number of likely N-dealkylation sites (tertiary alicyclic amines) is 1. The van der Waals surface area contributed by atoms with Crippen LogP contribution in [0.5, 0.6) is 17.2 Å². The van der Waals surface area contributed by atoms with E-state index >= 15 is 0 Å². The number of nitrogens with zero attached hydrogens (tertiary/aromatic N) is 2. The molecule has 0 radical (unpaired) electrons. The van der Waals surface area contributed by atoms with E-state index in [1.165, 1.54) is 0 Å². The van der Waals surface area contributed by atoms with Gasteiger partial charge < -0.3 is 29.1 Å². The Bertz CT molecular complexity index is 1170. The Balaban J connectivity index is 1.71. The van der Waals surface area contributed by atoms with Crippen LogP contribution in [-0.2, 0) is 9.59 Å². The number of ether oxygens (including phenoxy) is 3. The first-order valence-electron chi connectivity index (χ1n) is 12.7. The molecular formula is C29H34N2O6. The Morgan fingerprint density at radius 3 is 2.49 bits per heavy atom. The highest BCUT2D eigenvalue weighted by Gasteiger charge is 2.45. The number of rotatable bonds is 11. The summed E-state index contributed by atoms with van der Waals surface area (Å²) in [6.45, 7) is 12.1. The van der Waals surface area contributed by atoms with Gasteiger partial charge in [0.2, 0.25) is 0 Å². The Hall–Kier alpha value is -3.78. The molecule has 0 bridgehead atoms. The van der Waals surface area contributed by atoms with Crippen molar-refractivity contribution in [2.75, 3.05) is 46.0 Å². The topological polar surface area (TPSA) is 88.5 Å². The summed E-state index contributed by atoms with van der Waals surface area (Å²) >= 11 is 0. The van der Waals surface area contributed by atoms with Gasteiger partial charge in [0.15, 0.2) is 11.5 Å². The number of amides is 1. The monoisotopic (exact) mass is 506 g/mol. The Labute approximate surface area is 217 Å². The normalized spacial score (nSPS) is 18.4. The number of hydrogen-bond acceptors (Lipinski definition) is 7. The van der Waals surface area contributed by atoms with Gasteiger partial charge in [0, 0.05) is 12.1 Å². The third kappa shape index (κ3) is 5.64. The van der Waals surface area contributed by atoms with Crippen LogP contribution in [0.1, 0.15) is 37.4 Å². The van der Waals surface area contributed by atoms with Crippen molar-refractivity contribution >= 4 is 17.4 Å². The summed E-state index contributed by atoms with van der Waals surface area (Å²) in [4.78, 5) is 30.4. The first kappa shape index (κ1) is 26.3. The maximum Gasteiger partial charge on any atom is 0.295 e. The molecule has 2 heterocycles. The van der Waals surface area contributed by atoms with Crippen LogP contribution in [0.4, 0.5) is 0 Å². The molecule has 2 aromatic rings. The third-order valence-electron chi connectivity index (χ3n) is 6.69. The van der Waals surface area contributed by atoms with Crippen molar-refractivity contribution in [2.45, 2.75) is 26.3 Å². The van der Waals surface area contributed by atoms with E-state index < -0.39 is 17.7 Å². The standard InChI is InChI=1S/C29H34N2O6/c1-4-16-35-22-11-8-20(9-12-22)26-25(27(32)21-10-13-23-24(19-21)37-18-17-36-23)28(33)29(34)31(26)15-7-14-30(5-2)6-3/h4,8-13,19,26,32H,1,5-7,14-18H2,2-3H3/t26-/m0/s1. The average Bonchev–Trinajstić information content (AvgIpc) is 3.18. The van der Waals surface area contributed by atoms with Gasteiger partial charge in [0.05, 0.1) is 11.6 Å². The molecule has 2 aliphatic heterocycles. The number of carbonyl (C=O) groups excluding carboxylic acids is 2. The molecule has 2 aromatic carbocycles. The van der Waals surface area contributed by atoms with E-state index in [4.69, 9.17) is 14.2 Å². The van der Waals surface area contributed by atoms with Crippen LogP contribution in [0.2, 0.25) is 0 Å². The lowest BCUT2D eigenvalue weighted by molar-refractivity contribution is -0.140. The van der Waals surface area contributed by atoms with Crippen LogP contribution in [0.3, 0.4) is 0 Å².